The van der Waals surface area contributed by atoms with E-state index >= 15 is 0 Å². The zero-order chi connectivity index (χ0) is 59.4. The minimum atomic E-state index is -0.452. The summed E-state index contributed by atoms with van der Waals surface area (Å²) < 4.78 is 10.9. The van der Waals surface area contributed by atoms with Crippen molar-refractivity contribution in [3.8, 4) is 78.3 Å². The van der Waals surface area contributed by atoms with E-state index in [1.54, 1.807) is 38.1 Å². The standard InChI is InChI=1S/C80H64N2O4/c1-51(2)77(83)85-67-43-29-59(30-44-67)57-23-35-62(36-24-57)81(63-37-25-58(26-38-63)60-31-45-68(46-32-60)86-78(84)52(3)4)61-33-21-55(22-34-61)53-17-19-54(20-18-53)56-27-39-64(40-28-56)82(65-41-47-71-69-13-9-11-15-73(69)79(5,6)75(71)49-65)66-42-48-72-70-14-10-12-16-74(70)80(7,8)76(72)50-66/h9-50H,1,3H2,2,4-8H3. The molecule has 11 aromatic carbocycles. The molecule has 0 fully saturated rings. The van der Waals surface area contributed by atoms with E-state index in [0.717, 1.165) is 78.6 Å². The van der Waals surface area contributed by atoms with E-state index in [-0.39, 0.29) is 10.8 Å². The molecular weight excluding hydrogens is 1050 g/mol. The van der Waals surface area contributed by atoms with Crippen LogP contribution in [0.4, 0.5) is 34.1 Å². The molecule has 0 atom stereocenters. The number of benzene rings is 11. The zero-order valence-electron chi connectivity index (χ0n) is 49.2. The van der Waals surface area contributed by atoms with E-state index in [4.69, 9.17) is 9.47 Å². The van der Waals surface area contributed by atoms with Crippen LogP contribution < -0.4 is 19.3 Å². The van der Waals surface area contributed by atoms with Crippen molar-refractivity contribution in [2.45, 2.75) is 52.4 Å². The molecule has 0 bridgehead atoms. The van der Waals surface area contributed by atoms with Crippen molar-refractivity contribution in [3.63, 3.8) is 0 Å². The van der Waals surface area contributed by atoms with Crippen molar-refractivity contribution in [2.75, 3.05) is 9.80 Å². The molecule has 418 valence electrons. The minimum absolute atomic E-state index is 0.138. The number of ether oxygens (including phenoxy) is 2. The predicted molar refractivity (Wildman–Crippen MR) is 354 cm³/mol. The number of carbonyl (C=O) groups is 2. The summed E-state index contributed by atoms with van der Waals surface area (Å²) >= 11 is 0. The van der Waals surface area contributed by atoms with Crippen LogP contribution in [0.25, 0.3) is 66.8 Å². The minimum Gasteiger partial charge on any atom is -0.423 e. The Bertz CT molecular complexity index is 4220. The van der Waals surface area contributed by atoms with E-state index < -0.39 is 11.9 Å². The van der Waals surface area contributed by atoms with Gasteiger partial charge in [0, 0.05) is 56.1 Å². The molecule has 2 aliphatic carbocycles. The second-order valence-corrected chi connectivity index (χ2v) is 23.6. The van der Waals surface area contributed by atoms with Gasteiger partial charge in [0.1, 0.15) is 11.5 Å². The van der Waals surface area contributed by atoms with Crippen LogP contribution in [0.5, 0.6) is 11.5 Å². The van der Waals surface area contributed by atoms with Crippen molar-refractivity contribution >= 4 is 46.1 Å². The first kappa shape index (κ1) is 54.7. The van der Waals surface area contributed by atoms with Crippen molar-refractivity contribution in [1.82, 2.24) is 0 Å². The van der Waals surface area contributed by atoms with Crippen molar-refractivity contribution in [1.29, 1.82) is 0 Å². The van der Waals surface area contributed by atoms with Gasteiger partial charge in [-0.15, -0.1) is 0 Å². The van der Waals surface area contributed by atoms with Gasteiger partial charge in [-0.25, -0.2) is 9.59 Å². The Morgan fingerprint density at radius 1 is 0.302 bits per heavy atom. The fourth-order valence-corrected chi connectivity index (χ4v) is 12.4. The molecule has 0 heterocycles. The lowest BCUT2D eigenvalue weighted by atomic mass is 9.82. The Kier molecular flexibility index (Phi) is 13.9. The number of anilines is 6. The predicted octanol–water partition coefficient (Wildman–Crippen LogP) is 20.9. The third-order valence-electron chi connectivity index (χ3n) is 17.2. The Labute approximate surface area is 504 Å². The maximum Gasteiger partial charge on any atom is 0.338 e. The molecule has 6 heteroatoms. The summed E-state index contributed by atoms with van der Waals surface area (Å²) in [5.41, 5.74) is 25.9. The number of nitrogens with zero attached hydrogens (tertiary/aromatic N) is 2. The average molecular weight is 1120 g/mol. The number of carbonyl (C=O) groups excluding carboxylic acids is 2. The lowest BCUT2D eigenvalue weighted by molar-refractivity contribution is -0.130. The van der Waals surface area contributed by atoms with Gasteiger partial charge in [-0.05, 0) is 200 Å². The van der Waals surface area contributed by atoms with Crippen LogP contribution >= 0.6 is 0 Å². The highest BCUT2D eigenvalue weighted by atomic mass is 16.5. The second-order valence-electron chi connectivity index (χ2n) is 23.6. The fraction of sp³-hybridized carbons (Fsp3) is 0.100. The highest BCUT2D eigenvalue weighted by Crippen LogP contribution is 2.53. The Balaban J connectivity index is 0.782. The first-order chi connectivity index (χ1) is 41.6. The Morgan fingerprint density at radius 2 is 0.535 bits per heavy atom. The van der Waals surface area contributed by atoms with Gasteiger partial charge in [-0.2, -0.15) is 0 Å². The monoisotopic (exact) mass is 1120 g/mol. The number of hydrogen-bond donors (Lipinski definition) is 0. The van der Waals surface area contributed by atoms with Gasteiger partial charge in [-0.1, -0.05) is 199 Å². The van der Waals surface area contributed by atoms with Crippen LogP contribution in [0.3, 0.4) is 0 Å². The largest absolute Gasteiger partial charge is 0.423 e. The molecular formula is C80H64N2O4. The van der Waals surface area contributed by atoms with Crippen LogP contribution in [0, 0.1) is 0 Å². The summed E-state index contributed by atoms with van der Waals surface area (Å²) in [5, 5.41) is 0. The first-order valence-electron chi connectivity index (χ1n) is 29.2. The molecule has 2 aliphatic rings. The molecule has 0 aliphatic heterocycles. The molecule has 13 rings (SSSR count). The molecule has 0 spiro atoms. The molecule has 0 radical (unpaired) electrons. The normalized spacial score (nSPS) is 12.9. The SMILES string of the molecule is C=C(C)C(=O)Oc1ccc(-c2ccc(N(c3ccc(-c4ccc(OC(=O)C(=C)C)cc4)cc3)c3ccc(-c4ccc(-c5ccc(N(c6ccc7c(c6)C(C)(C)c6ccccc6-7)c6ccc7c(c6)C(C)(C)c6ccccc6-7)cc5)cc4)cc3)cc2)cc1. The van der Waals surface area contributed by atoms with Gasteiger partial charge in [-0.3, -0.25) is 0 Å². The van der Waals surface area contributed by atoms with Crippen LogP contribution in [-0.2, 0) is 20.4 Å². The number of fused-ring (bicyclic) bond motifs is 6. The summed E-state index contributed by atoms with van der Waals surface area (Å²) in [5.74, 6) is 0.0277. The Hall–Kier alpha value is -10.6. The quantitative estimate of drug-likeness (QED) is 0.0614. The van der Waals surface area contributed by atoms with Crippen LogP contribution in [0.15, 0.2) is 279 Å². The first-order valence-corrected chi connectivity index (χ1v) is 29.2. The molecule has 0 saturated carbocycles. The van der Waals surface area contributed by atoms with Gasteiger partial charge < -0.3 is 19.3 Å². The topological polar surface area (TPSA) is 59.1 Å². The van der Waals surface area contributed by atoms with E-state index in [0.29, 0.717) is 22.6 Å². The molecule has 0 N–H and O–H groups in total. The van der Waals surface area contributed by atoms with Crippen molar-refractivity contribution in [3.05, 3.63) is 301 Å². The van der Waals surface area contributed by atoms with E-state index in [1.807, 2.05) is 24.3 Å². The summed E-state index contributed by atoms with van der Waals surface area (Å²) in [4.78, 5) is 29.0. The second kappa shape index (κ2) is 21.9. The smallest absolute Gasteiger partial charge is 0.338 e. The molecule has 0 aromatic heterocycles. The van der Waals surface area contributed by atoms with Crippen molar-refractivity contribution < 1.29 is 19.1 Å². The van der Waals surface area contributed by atoms with E-state index in [9.17, 15) is 9.59 Å². The highest BCUT2D eigenvalue weighted by Gasteiger charge is 2.38. The highest BCUT2D eigenvalue weighted by molar-refractivity contribution is 5.91. The maximum absolute atomic E-state index is 12.2. The number of rotatable bonds is 14. The van der Waals surface area contributed by atoms with Crippen LogP contribution in [0.1, 0.15) is 63.8 Å². The third-order valence-corrected chi connectivity index (χ3v) is 17.2. The van der Waals surface area contributed by atoms with Gasteiger partial charge >= 0.3 is 11.9 Å². The van der Waals surface area contributed by atoms with Crippen LogP contribution in [0.2, 0.25) is 0 Å². The summed E-state index contributed by atoms with van der Waals surface area (Å²) in [6, 6.07) is 90.3. The number of hydrogen-bond acceptors (Lipinski definition) is 6. The fourth-order valence-electron chi connectivity index (χ4n) is 12.4. The molecule has 6 nitrogen and oxygen atoms in total. The summed E-state index contributed by atoms with van der Waals surface area (Å²) in [7, 11) is 0. The molecule has 0 amide bonds. The summed E-state index contributed by atoms with van der Waals surface area (Å²) in [6.07, 6.45) is 0. The van der Waals surface area contributed by atoms with Gasteiger partial charge in [0.2, 0.25) is 0 Å². The lowest BCUT2D eigenvalue weighted by Crippen LogP contribution is -2.18. The average Bonchev–Trinajstić information content (AvgIpc) is 1.65. The van der Waals surface area contributed by atoms with Gasteiger partial charge in [0.25, 0.3) is 0 Å². The van der Waals surface area contributed by atoms with Crippen molar-refractivity contribution in [2.24, 2.45) is 0 Å². The van der Waals surface area contributed by atoms with Gasteiger partial charge in [0.15, 0.2) is 0 Å². The van der Waals surface area contributed by atoms with E-state index in [1.165, 1.54) is 44.5 Å². The zero-order valence-corrected chi connectivity index (χ0v) is 49.2. The molecule has 86 heavy (non-hydrogen) atoms. The lowest BCUT2D eigenvalue weighted by Gasteiger charge is -2.30. The molecule has 0 saturated heterocycles. The molecule has 0 unspecified atom stereocenters. The molecule has 11 aromatic rings. The number of esters is 2. The third kappa shape index (κ3) is 10.1. The maximum atomic E-state index is 12.2. The Morgan fingerprint density at radius 3 is 0.826 bits per heavy atom. The van der Waals surface area contributed by atoms with Gasteiger partial charge in [0.05, 0.1) is 0 Å². The van der Waals surface area contributed by atoms with Crippen LogP contribution in [-0.4, -0.2) is 11.9 Å². The van der Waals surface area contributed by atoms with E-state index in [2.05, 4.69) is 257 Å². The summed E-state index contributed by atoms with van der Waals surface area (Å²) in [6.45, 7) is 20.0.